The normalized spacial score (nSPS) is 11.6. The first-order valence-corrected chi connectivity index (χ1v) is 4.89. The lowest BCUT2D eigenvalue weighted by Gasteiger charge is -2.34. The van der Waals surface area contributed by atoms with E-state index in [-0.39, 0.29) is 16.4 Å². The third kappa shape index (κ3) is 2.38. The maximum absolute atomic E-state index is 12.9. The van der Waals surface area contributed by atoms with E-state index in [2.05, 4.69) is 25.7 Å². The molecule has 1 rings (SSSR count). The fourth-order valence-corrected chi connectivity index (χ4v) is 1.26. The Hall–Kier alpha value is -0.760. The van der Waals surface area contributed by atoms with E-state index in [9.17, 15) is 4.39 Å². The van der Waals surface area contributed by atoms with Crippen LogP contribution in [-0.2, 0) is 0 Å². The molecule has 0 bridgehead atoms. The second-order valence-corrected chi connectivity index (χ2v) is 4.74. The maximum Gasteiger partial charge on any atom is 0.141 e. The van der Waals surface area contributed by atoms with Gasteiger partial charge in [0.1, 0.15) is 5.82 Å². The Morgan fingerprint density at radius 1 is 1.29 bits per heavy atom. The largest absolute Gasteiger partial charge is 0.370 e. The van der Waals surface area contributed by atoms with Crippen molar-refractivity contribution in [1.29, 1.82) is 0 Å². The summed E-state index contributed by atoms with van der Waals surface area (Å²) in [5.74, 6) is -0.377. The molecular formula is C11H15ClFN. The van der Waals surface area contributed by atoms with E-state index in [1.54, 1.807) is 12.1 Å². The molecular weight excluding hydrogens is 201 g/mol. The van der Waals surface area contributed by atoms with Crippen LogP contribution in [0.1, 0.15) is 20.8 Å². The van der Waals surface area contributed by atoms with Gasteiger partial charge in [0, 0.05) is 18.3 Å². The first-order valence-electron chi connectivity index (χ1n) is 4.51. The van der Waals surface area contributed by atoms with Crippen LogP contribution in [0, 0.1) is 5.82 Å². The van der Waals surface area contributed by atoms with Gasteiger partial charge in [-0.2, -0.15) is 0 Å². The number of hydrogen-bond donors (Lipinski definition) is 0. The van der Waals surface area contributed by atoms with Gasteiger partial charge in [-0.25, -0.2) is 4.39 Å². The Balaban J connectivity index is 3.03. The lowest BCUT2D eigenvalue weighted by Crippen LogP contribution is -2.37. The Morgan fingerprint density at radius 3 is 2.29 bits per heavy atom. The van der Waals surface area contributed by atoms with Gasteiger partial charge in [0.2, 0.25) is 0 Å². The van der Waals surface area contributed by atoms with Crippen LogP contribution < -0.4 is 4.90 Å². The van der Waals surface area contributed by atoms with Crippen molar-refractivity contribution in [2.75, 3.05) is 11.9 Å². The maximum atomic E-state index is 12.9. The Morgan fingerprint density at radius 2 is 1.86 bits per heavy atom. The Labute approximate surface area is 89.5 Å². The molecule has 0 aliphatic carbocycles. The molecule has 0 amide bonds. The van der Waals surface area contributed by atoms with E-state index in [1.165, 1.54) is 6.07 Å². The van der Waals surface area contributed by atoms with Crippen molar-refractivity contribution in [2.24, 2.45) is 0 Å². The van der Waals surface area contributed by atoms with Crippen molar-refractivity contribution in [3.05, 3.63) is 29.0 Å². The lowest BCUT2D eigenvalue weighted by atomic mass is 10.1. The quantitative estimate of drug-likeness (QED) is 0.690. The molecule has 0 heterocycles. The molecule has 78 valence electrons. The van der Waals surface area contributed by atoms with Gasteiger partial charge in [-0.15, -0.1) is 0 Å². The predicted octanol–water partition coefficient (Wildman–Crippen LogP) is 3.71. The fraction of sp³-hybridized carbons (Fsp3) is 0.455. The smallest absolute Gasteiger partial charge is 0.141 e. The van der Waals surface area contributed by atoms with E-state index in [1.807, 2.05) is 7.05 Å². The molecule has 0 saturated carbocycles. The van der Waals surface area contributed by atoms with Crippen LogP contribution in [0.2, 0.25) is 5.02 Å². The topological polar surface area (TPSA) is 3.24 Å². The number of anilines is 1. The monoisotopic (exact) mass is 215 g/mol. The fourth-order valence-electron chi connectivity index (χ4n) is 1.08. The van der Waals surface area contributed by atoms with Gasteiger partial charge >= 0.3 is 0 Å². The zero-order chi connectivity index (χ0) is 10.9. The summed E-state index contributed by atoms with van der Waals surface area (Å²) in [6.45, 7) is 6.26. The second kappa shape index (κ2) is 3.77. The summed E-state index contributed by atoms with van der Waals surface area (Å²) < 4.78 is 12.9. The lowest BCUT2D eigenvalue weighted by molar-refractivity contribution is 0.538. The third-order valence-corrected chi connectivity index (χ3v) is 2.59. The van der Waals surface area contributed by atoms with Crippen LogP contribution in [0.15, 0.2) is 18.2 Å². The first-order chi connectivity index (χ1) is 6.32. The summed E-state index contributed by atoms with van der Waals surface area (Å²) >= 11 is 5.71. The molecule has 0 N–H and O–H groups in total. The molecule has 1 aromatic carbocycles. The van der Waals surface area contributed by atoms with Crippen LogP contribution in [0.5, 0.6) is 0 Å². The molecule has 0 aliphatic rings. The van der Waals surface area contributed by atoms with Crippen molar-refractivity contribution < 1.29 is 4.39 Å². The standard InChI is InChI=1S/C11H15ClFN/c1-11(2,3)14(4)8-5-6-10(13)9(12)7-8/h5-7H,1-4H3. The predicted molar refractivity (Wildman–Crippen MR) is 59.6 cm³/mol. The molecule has 3 heteroatoms. The van der Waals surface area contributed by atoms with Crippen LogP contribution in [-0.4, -0.2) is 12.6 Å². The van der Waals surface area contributed by atoms with Gasteiger partial charge in [-0.05, 0) is 39.0 Å². The third-order valence-electron chi connectivity index (χ3n) is 2.30. The van der Waals surface area contributed by atoms with Crippen LogP contribution in [0.3, 0.4) is 0 Å². The molecule has 0 aliphatic heterocycles. The highest BCUT2D eigenvalue weighted by molar-refractivity contribution is 6.31. The zero-order valence-corrected chi connectivity index (χ0v) is 9.69. The summed E-state index contributed by atoms with van der Waals surface area (Å²) in [4.78, 5) is 2.05. The van der Waals surface area contributed by atoms with E-state index in [4.69, 9.17) is 11.6 Å². The van der Waals surface area contributed by atoms with Gasteiger partial charge in [-0.1, -0.05) is 11.6 Å². The van der Waals surface area contributed by atoms with Crippen LogP contribution >= 0.6 is 11.6 Å². The van der Waals surface area contributed by atoms with Crippen molar-refractivity contribution in [3.8, 4) is 0 Å². The van der Waals surface area contributed by atoms with Gasteiger partial charge in [0.05, 0.1) is 5.02 Å². The van der Waals surface area contributed by atoms with E-state index in [0.717, 1.165) is 5.69 Å². The summed E-state index contributed by atoms with van der Waals surface area (Å²) in [6, 6.07) is 4.76. The van der Waals surface area contributed by atoms with E-state index < -0.39 is 0 Å². The first kappa shape index (κ1) is 11.3. The van der Waals surface area contributed by atoms with Gasteiger partial charge in [-0.3, -0.25) is 0 Å². The number of nitrogens with zero attached hydrogens (tertiary/aromatic N) is 1. The van der Waals surface area contributed by atoms with E-state index in [0.29, 0.717) is 0 Å². The average Bonchev–Trinajstić information content (AvgIpc) is 2.07. The Kier molecular flexibility index (Phi) is 3.05. The van der Waals surface area contributed by atoms with Crippen molar-refractivity contribution in [1.82, 2.24) is 0 Å². The molecule has 0 aromatic heterocycles. The number of halogens is 2. The van der Waals surface area contributed by atoms with Crippen molar-refractivity contribution in [2.45, 2.75) is 26.3 Å². The van der Waals surface area contributed by atoms with Gasteiger partial charge in [0.25, 0.3) is 0 Å². The molecule has 14 heavy (non-hydrogen) atoms. The number of benzene rings is 1. The SMILES string of the molecule is CN(c1ccc(F)c(Cl)c1)C(C)(C)C. The molecule has 0 fully saturated rings. The number of rotatable bonds is 1. The minimum absolute atomic E-state index is 0.00115. The molecule has 1 aromatic rings. The molecule has 0 saturated heterocycles. The molecule has 1 nitrogen and oxygen atoms in total. The molecule has 0 atom stereocenters. The highest BCUT2D eigenvalue weighted by Gasteiger charge is 2.17. The van der Waals surface area contributed by atoms with Gasteiger partial charge in [0.15, 0.2) is 0 Å². The van der Waals surface area contributed by atoms with Crippen molar-refractivity contribution >= 4 is 17.3 Å². The highest BCUT2D eigenvalue weighted by Crippen LogP contribution is 2.26. The summed E-state index contributed by atoms with van der Waals surface area (Å²) in [6.07, 6.45) is 0. The average molecular weight is 216 g/mol. The number of hydrogen-bond acceptors (Lipinski definition) is 1. The molecule has 0 spiro atoms. The van der Waals surface area contributed by atoms with Crippen molar-refractivity contribution in [3.63, 3.8) is 0 Å². The minimum Gasteiger partial charge on any atom is -0.370 e. The summed E-state index contributed by atoms with van der Waals surface area (Å²) in [7, 11) is 1.96. The van der Waals surface area contributed by atoms with Crippen LogP contribution in [0.4, 0.5) is 10.1 Å². The second-order valence-electron chi connectivity index (χ2n) is 4.33. The van der Waals surface area contributed by atoms with E-state index >= 15 is 0 Å². The molecule has 0 unspecified atom stereocenters. The van der Waals surface area contributed by atoms with Crippen LogP contribution in [0.25, 0.3) is 0 Å². The molecule has 0 radical (unpaired) electrons. The zero-order valence-electron chi connectivity index (χ0n) is 8.94. The highest BCUT2D eigenvalue weighted by atomic mass is 35.5. The van der Waals surface area contributed by atoms with Gasteiger partial charge < -0.3 is 4.90 Å². The Bertz CT molecular complexity index is 331. The summed E-state index contributed by atoms with van der Waals surface area (Å²) in [5, 5.41) is 0.165. The minimum atomic E-state index is -0.377. The summed E-state index contributed by atoms with van der Waals surface area (Å²) in [5.41, 5.74) is 0.921.